The van der Waals surface area contributed by atoms with Gasteiger partial charge in [0, 0.05) is 11.3 Å². The summed E-state index contributed by atoms with van der Waals surface area (Å²) in [6, 6.07) is 8.62. The van der Waals surface area contributed by atoms with Gasteiger partial charge in [0.1, 0.15) is 5.97 Å². The number of carbonyl (C=O) groups excluding carboxylic acids is 1. The van der Waals surface area contributed by atoms with Crippen molar-refractivity contribution in [2.45, 2.75) is 17.9 Å². The normalized spacial score (nSPS) is 28.4. The molecule has 15 heavy (non-hydrogen) atoms. The van der Waals surface area contributed by atoms with Gasteiger partial charge in [-0.1, -0.05) is 30.3 Å². The van der Waals surface area contributed by atoms with Crippen LogP contribution in [0.2, 0.25) is 0 Å². The molecule has 1 fully saturated rings. The first kappa shape index (κ1) is 9.64. The number of carboxylic acids is 1. The standard InChI is InChI=1S/C10H9NO4/c12-9(13)10(11(14)15)6-8(10)7-4-2-1-3-5-7/h1-5,8H,6H2,(H,12,13)/p-1. The highest BCUT2D eigenvalue weighted by atomic mass is 16.6. The van der Waals surface area contributed by atoms with Gasteiger partial charge in [-0.05, 0) is 5.56 Å². The van der Waals surface area contributed by atoms with Gasteiger partial charge in [-0.15, -0.1) is 0 Å². The predicted molar refractivity (Wildman–Crippen MR) is 48.5 cm³/mol. The Balaban J connectivity index is 2.31. The van der Waals surface area contributed by atoms with Crippen molar-refractivity contribution in [2.75, 3.05) is 0 Å². The van der Waals surface area contributed by atoms with Gasteiger partial charge in [0.2, 0.25) is 0 Å². The Hall–Kier alpha value is -1.91. The third-order valence-electron chi connectivity index (χ3n) is 2.81. The number of nitro groups is 1. The van der Waals surface area contributed by atoms with Crippen LogP contribution in [0, 0.1) is 10.1 Å². The van der Waals surface area contributed by atoms with Gasteiger partial charge in [-0.3, -0.25) is 10.1 Å². The summed E-state index contributed by atoms with van der Waals surface area (Å²) in [5, 5.41) is 21.4. The topological polar surface area (TPSA) is 83.3 Å². The van der Waals surface area contributed by atoms with Crippen LogP contribution in [0.4, 0.5) is 0 Å². The highest BCUT2D eigenvalue weighted by Gasteiger charge is 2.68. The average Bonchev–Trinajstić information content (AvgIpc) is 2.95. The molecule has 2 unspecified atom stereocenters. The lowest BCUT2D eigenvalue weighted by Gasteiger charge is -2.09. The quantitative estimate of drug-likeness (QED) is 0.512. The zero-order chi connectivity index (χ0) is 11.1. The zero-order valence-electron chi connectivity index (χ0n) is 7.75. The van der Waals surface area contributed by atoms with Crippen molar-refractivity contribution >= 4 is 5.97 Å². The minimum atomic E-state index is -1.90. The molecule has 0 saturated heterocycles. The molecular formula is C10H8NO4-. The molecule has 2 atom stereocenters. The van der Waals surface area contributed by atoms with Gasteiger partial charge in [-0.2, -0.15) is 0 Å². The van der Waals surface area contributed by atoms with Crippen LogP contribution in [0.15, 0.2) is 30.3 Å². The molecule has 0 aromatic heterocycles. The molecule has 1 aliphatic carbocycles. The third kappa shape index (κ3) is 1.27. The maximum Gasteiger partial charge on any atom is 0.269 e. The van der Waals surface area contributed by atoms with Crippen LogP contribution in [0.1, 0.15) is 17.9 Å². The van der Waals surface area contributed by atoms with Gasteiger partial charge in [0.15, 0.2) is 0 Å². The van der Waals surface area contributed by atoms with Crippen molar-refractivity contribution < 1.29 is 14.8 Å². The van der Waals surface area contributed by atoms with E-state index in [0.717, 1.165) is 0 Å². The number of nitrogens with zero attached hydrogens (tertiary/aromatic N) is 1. The van der Waals surface area contributed by atoms with Crippen LogP contribution in [-0.4, -0.2) is 16.4 Å². The van der Waals surface area contributed by atoms with E-state index >= 15 is 0 Å². The molecule has 2 rings (SSSR count). The largest absolute Gasteiger partial charge is 0.543 e. The summed E-state index contributed by atoms with van der Waals surface area (Å²) in [6.07, 6.45) is 0.0202. The lowest BCUT2D eigenvalue weighted by Crippen LogP contribution is -2.44. The first-order valence-corrected chi connectivity index (χ1v) is 4.50. The minimum absolute atomic E-state index is 0.0202. The summed E-state index contributed by atoms with van der Waals surface area (Å²) in [5.41, 5.74) is -1.22. The molecule has 1 saturated carbocycles. The molecule has 0 radical (unpaired) electrons. The van der Waals surface area contributed by atoms with E-state index in [1.54, 1.807) is 30.3 Å². The van der Waals surface area contributed by atoms with Crippen LogP contribution in [0.25, 0.3) is 0 Å². The van der Waals surface area contributed by atoms with Crippen molar-refractivity contribution in [1.82, 2.24) is 0 Å². The second-order valence-electron chi connectivity index (χ2n) is 3.64. The fraction of sp³-hybridized carbons (Fsp3) is 0.300. The molecule has 0 bridgehead atoms. The number of carbonyl (C=O) groups is 1. The number of carboxylic acid groups (broad SMARTS) is 1. The summed E-state index contributed by atoms with van der Waals surface area (Å²) >= 11 is 0. The summed E-state index contributed by atoms with van der Waals surface area (Å²) in [5.74, 6) is -2.15. The van der Waals surface area contributed by atoms with Crippen LogP contribution >= 0.6 is 0 Å². The van der Waals surface area contributed by atoms with Gasteiger partial charge in [-0.25, -0.2) is 0 Å². The van der Waals surface area contributed by atoms with Gasteiger partial charge >= 0.3 is 0 Å². The van der Waals surface area contributed by atoms with E-state index in [4.69, 9.17) is 0 Å². The Bertz CT molecular complexity index is 401. The minimum Gasteiger partial charge on any atom is -0.543 e. The maximum atomic E-state index is 10.8. The summed E-state index contributed by atoms with van der Waals surface area (Å²) < 4.78 is 0. The number of benzene rings is 1. The second-order valence-corrected chi connectivity index (χ2v) is 3.64. The average molecular weight is 206 g/mol. The molecule has 1 aliphatic rings. The Morgan fingerprint density at radius 2 is 2.00 bits per heavy atom. The Kier molecular flexibility index (Phi) is 1.96. The number of rotatable bonds is 3. The molecule has 0 amide bonds. The maximum absolute atomic E-state index is 10.8. The van der Waals surface area contributed by atoms with E-state index in [1.165, 1.54) is 0 Å². The molecule has 0 spiro atoms. The smallest absolute Gasteiger partial charge is 0.269 e. The molecule has 0 aliphatic heterocycles. The molecule has 1 aromatic rings. The monoisotopic (exact) mass is 206 g/mol. The Labute approximate surface area is 85.5 Å². The molecule has 0 heterocycles. The zero-order valence-corrected chi connectivity index (χ0v) is 7.75. The molecular weight excluding hydrogens is 198 g/mol. The third-order valence-corrected chi connectivity index (χ3v) is 2.81. The lowest BCUT2D eigenvalue weighted by molar-refractivity contribution is -0.539. The SMILES string of the molecule is O=C([O-])C1([N+](=O)[O-])CC1c1ccccc1. The number of aliphatic carboxylic acids is 1. The van der Waals surface area contributed by atoms with Crippen molar-refractivity contribution in [3.63, 3.8) is 0 Å². The predicted octanol–water partition coefficient (Wildman–Crippen LogP) is -0.0607. The van der Waals surface area contributed by atoms with Gasteiger partial charge in [0.05, 0.1) is 5.92 Å². The lowest BCUT2D eigenvalue weighted by atomic mass is 10.1. The van der Waals surface area contributed by atoms with Gasteiger partial charge in [0.25, 0.3) is 5.54 Å². The van der Waals surface area contributed by atoms with Crippen molar-refractivity contribution in [3.05, 3.63) is 46.0 Å². The molecule has 0 N–H and O–H groups in total. The van der Waals surface area contributed by atoms with E-state index in [1.807, 2.05) is 0 Å². The molecule has 1 aromatic carbocycles. The fourth-order valence-corrected chi connectivity index (χ4v) is 1.83. The second kappa shape index (κ2) is 3.05. The summed E-state index contributed by atoms with van der Waals surface area (Å²) in [6.45, 7) is 0. The van der Waals surface area contributed by atoms with Crippen molar-refractivity contribution in [1.29, 1.82) is 0 Å². The summed E-state index contributed by atoms with van der Waals surface area (Å²) in [4.78, 5) is 20.7. The Morgan fingerprint density at radius 3 is 2.40 bits per heavy atom. The van der Waals surface area contributed by atoms with E-state index in [0.29, 0.717) is 5.56 Å². The van der Waals surface area contributed by atoms with E-state index < -0.39 is 22.3 Å². The van der Waals surface area contributed by atoms with E-state index in [9.17, 15) is 20.0 Å². The van der Waals surface area contributed by atoms with E-state index in [-0.39, 0.29) is 6.42 Å². The summed E-state index contributed by atoms with van der Waals surface area (Å²) in [7, 11) is 0. The van der Waals surface area contributed by atoms with Crippen LogP contribution in [0.5, 0.6) is 0 Å². The van der Waals surface area contributed by atoms with Crippen LogP contribution in [-0.2, 0) is 4.79 Å². The fourth-order valence-electron chi connectivity index (χ4n) is 1.83. The van der Waals surface area contributed by atoms with E-state index in [2.05, 4.69) is 0 Å². The van der Waals surface area contributed by atoms with Crippen LogP contribution in [0.3, 0.4) is 0 Å². The van der Waals surface area contributed by atoms with Crippen molar-refractivity contribution in [2.24, 2.45) is 0 Å². The number of hydrogen-bond donors (Lipinski definition) is 0. The Morgan fingerprint density at radius 1 is 1.40 bits per heavy atom. The molecule has 78 valence electrons. The first-order valence-electron chi connectivity index (χ1n) is 4.50. The molecule has 5 nitrogen and oxygen atoms in total. The number of hydrogen-bond acceptors (Lipinski definition) is 4. The van der Waals surface area contributed by atoms with Crippen molar-refractivity contribution in [3.8, 4) is 0 Å². The highest BCUT2D eigenvalue weighted by molar-refractivity contribution is 5.81. The first-order chi connectivity index (χ1) is 7.09. The molecule has 5 heteroatoms. The van der Waals surface area contributed by atoms with Gasteiger partial charge < -0.3 is 9.90 Å². The highest BCUT2D eigenvalue weighted by Crippen LogP contribution is 2.53. The van der Waals surface area contributed by atoms with Crippen LogP contribution < -0.4 is 5.11 Å².